The normalized spacial score (nSPS) is 11.7. The van der Waals surface area contributed by atoms with Crippen molar-refractivity contribution >= 4 is 28.1 Å². The van der Waals surface area contributed by atoms with E-state index in [2.05, 4.69) is 15.5 Å². The Labute approximate surface area is 186 Å². The topological polar surface area (TPSA) is 101 Å². The quantitative estimate of drug-likeness (QED) is 0.313. The highest BCUT2D eigenvalue weighted by molar-refractivity contribution is 5.92. The van der Waals surface area contributed by atoms with Gasteiger partial charge in [-0.3, -0.25) is 4.79 Å². The summed E-state index contributed by atoms with van der Waals surface area (Å²) < 4.78 is 26.4. The maximum atomic E-state index is 13.0. The van der Waals surface area contributed by atoms with E-state index in [1.807, 2.05) is 28.8 Å². The van der Waals surface area contributed by atoms with E-state index in [-0.39, 0.29) is 17.8 Å². The van der Waals surface area contributed by atoms with Gasteiger partial charge in [-0.2, -0.15) is 0 Å². The molecule has 2 aromatic carbocycles. The first kappa shape index (κ1) is 20.3. The maximum Gasteiger partial charge on any atom is 0.262 e. The van der Waals surface area contributed by atoms with E-state index < -0.39 is 5.91 Å². The number of amides is 1. The van der Waals surface area contributed by atoms with E-state index in [9.17, 15) is 14.4 Å². The molecule has 0 atom stereocenters. The molecule has 3 aromatic heterocycles. The summed E-state index contributed by atoms with van der Waals surface area (Å²) in [4.78, 5) is 16.5. The number of halogens is 1. The van der Waals surface area contributed by atoms with Crippen molar-refractivity contribution in [3.05, 3.63) is 90.4 Å². The van der Waals surface area contributed by atoms with Gasteiger partial charge in [0.2, 0.25) is 0 Å². The van der Waals surface area contributed by atoms with Crippen LogP contribution in [0.15, 0.2) is 88.8 Å². The van der Waals surface area contributed by atoms with Gasteiger partial charge < -0.3 is 24.1 Å². The van der Waals surface area contributed by atoms with E-state index in [0.29, 0.717) is 33.9 Å². The van der Waals surface area contributed by atoms with Gasteiger partial charge in [0.25, 0.3) is 5.91 Å². The zero-order valence-electron chi connectivity index (χ0n) is 17.1. The molecular formula is C24H17FN4O4. The Morgan fingerprint density at radius 2 is 2.00 bits per heavy atom. The molecule has 0 unspecified atom stereocenters. The lowest BCUT2D eigenvalue weighted by Gasteiger charge is -2.09. The monoisotopic (exact) mass is 444 g/mol. The average molecular weight is 444 g/mol. The molecule has 1 amide bonds. The van der Waals surface area contributed by atoms with E-state index in [0.717, 1.165) is 5.52 Å². The molecule has 0 saturated heterocycles. The second-order valence-corrected chi connectivity index (χ2v) is 7.21. The highest BCUT2D eigenvalue weighted by Gasteiger charge is 2.11. The summed E-state index contributed by atoms with van der Waals surface area (Å²) in [6, 6.07) is 17.6. The van der Waals surface area contributed by atoms with Crippen LogP contribution < -0.4 is 15.4 Å². The summed E-state index contributed by atoms with van der Waals surface area (Å²) in [7, 11) is 0. The molecule has 0 spiro atoms. The number of nitrogens with one attached hydrogen (secondary N) is 1. The lowest BCUT2D eigenvalue weighted by Crippen LogP contribution is -2.20. The molecule has 5 rings (SSSR count). The summed E-state index contributed by atoms with van der Waals surface area (Å²) in [6.45, 7) is -0.259. The van der Waals surface area contributed by atoms with Crippen LogP contribution >= 0.6 is 0 Å². The smallest absolute Gasteiger partial charge is 0.262 e. The lowest BCUT2D eigenvalue weighted by atomic mass is 10.2. The molecule has 33 heavy (non-hydrogen) atoms. The number of hydrogen-bond donors (Lipinski definition) is 2. The number of aromatic nitrogens is 2. The fraction of sp³-hybridized carbons (Fsp3) is 0.0417. The maximum absolute atomic E-state index is 13.0. The molecular weight excluding hydrogens is 427 g/mol. The first-order valence-corrected chi connectivity index (χ1v) is 9.96. The van der Waals surface area contributed by atoms with Crippen molar-refractivity contribution in [3.63, 3.8) is 0 Å². The molecule has 5 aromatic rings. The molecule has 9 heteroatoms. The Balaban J connectivity index is 1.38. The summed E-state index contributed by atoms with van der Waals surface area (Å²) in [6.07, 6.45) is 3.56. The molecule has 8 nitrogen and oxygen atoms in total. The van der Waals surface area contributed by atoms with Gasteiger partial charge in [-0.05, 0) is 60.7 Å². The zero-order valence-corrected chi connectivity index (χ0v) is 17.1. The summed E-state index contributed by atoms with van der Waals surface area (Å²) in [5.41, 5.74) is 2.45. The van der Waals surface area contributed by atoms with Gasteiger partial charge in [-0.15, -0.1) is 0 Å². The van der Waals surface area contributed by atoms with Gasteiger partial charge in [0, 0.05) is 23.5 Å². The summed E-state index contributed by atoms with van der Waals surface area (Å²) >= 11 is 0. The van der Waals surface area contributed by atoms with Crippen molar-refractivity contribution in [2.75, 3.05) is 11.9 Å². The minimum Gasteiger partial charge on any atom is -0.484 e. The number of nitrogens with zero attached hydrogens (tertiary/aromatic N) is 3. The summed E-state index contributed by atoms with van der Waals surface area (Å²) in [5.74, 6) is 0.0320. The van der Waals surface area contributed by atoms with Crippen LogP contribution in [0.1, 0.15) is 0 Å². The Morgan fingerprint density at radius 3 is 2.82 bits per heavy atom. The van der Waals surface area contributed by atoms with Crippen LogP contribution in [-0.4, -0.2) is 27.1 Å². The molecule has 164 valence electrons. The van der Waals surface area contributed by atoms with Gasteiger partial charge in [0.05, 0.1) is 11.7 Å². The van der Waals surface area contributed by atoms with Gasteiger partial charge >= 0.3 is 0 Å². The van der Waals surface area contributed by atoms with E-state index in [4.69, 9.17) is 9.15 Å². The van der Waals surface area contributed by atoms with Gasteiger partial charge in [-0.25, -0.2) is 9.37 Å². The molecule has 0 fully saturated rings. The Morgan fingerprint density at radius 1 is 1.15 bits per heavy atom. The predicted octanol–water partition coefficient (Wildman–Crippen LogP) is 4.19. The molecule has 0 radical (unpaired) electrons. The third kappa shape index (κ3) is 4.24. The van der Waals surface area contributed by atoms with E-state index in [1.165, 1.54) is 24.3 Å². The Kier molecular flexibility index (Phi) is 5.19. The van der Waals surface area contributed by atoms with E-state index in [1.54, 1.807) is 30.6 Å². The first-order chi connectivity index (χ1) is 16.1. The molecule has 3 heterocycles. The minimum absolute atomic E-state index is 0.259. The number of ether oxygens (including phenoxy) is 1. The standard InChI is InChI=1S/C24H17FN4O4/c25-15-3-5-16(6-4-15)27-24(30)13-32-18-7-8-22-19(11-18)20(28-31)12-23(33-22)21-10-17-2-1-9-29(17)14-26-21/h1-12,14,31H,13H2,(H,27,30). The number of benzene rings is 2. The molecule has 0 aliphatic carbocycles. The molecule has 0 saturated carbocycles. The number of fused-ring (bicyclic) bond motifs is 2. The van der Waals surface area contributed by atoms with Crippen molar-refractivity contribution in [2.24, 2.45) is 5.16 Å². The van der Waals surface area contributed by atoms with Crippen molar-refractivity contribution in [2.45, 2.75) is 0 Å². The Hall–Kier alpha value is -4.66. The van der Waals surface area contributed by atoms with Gasteiger partial charge in [0.15, 0.2) is 12.4 Å². The van der Waals surface area contributed by atoms with Crippen molar-refractivity contribution in [1.82, 2.24) is 9.38 Å². The number of hydrogen-bond acceptors (Lipinski definition) is 6. The van der Waals surface area contributed by atoms with Gasteiger partial charge in [-0.1, -0.05) is 5.16 Å². The predicted molar refractivity (Wildman–Crippen MR) is 118 cm³/mol. The average Bonchev–Trinajstić information content (AvgIpc) is 3.31. The van der Waals surface area contributed by atoms with Crippen LogP contribution in [0, 0.1) is 5.82 Å². The van der Waals surface area contributed by atoms with Crippen LogP contribution in [0.3, 0.4) is 0 Å². The van der Waals surface area contributed by atoms with Crippen LogP contribution in [0.25, 0.3) is 27.9 Å². The number of carbonyl (C=O) groups is 1. The highest BCUT2D eigenvalue weighted by Crippen LogP contribution is 2.24. The Bertz CT molecular complexity index is 1540. The second kappa shape index (κ2) is 8.46. The van der Waals surface area contributed by atoms with Crippen molar-refractivity contribution in [3.8, 4) is 17.2 Å². The fourth-order valence-corrected chi connectivity index (χ4v) is 3.40. The fourth-order valence-electron chi connectivity index (χ4n) is 3.40. The molecule has 0 aliphatic heterocycles. The highest BCUT2D eigenvalue weighted by atomic mass is 19.1. The van der Waals surface area contributed by atoms with Crippen LogP contribution in [-0.2, 0) is 4.79 Å². The number of carbonyl (C=O) groups excluding carboxylic acids is 1. The molecule has 0 bridgehead atoms. The summed E-state index contributed by atoms with van der Waals surface area (Å²) in [5, 5.41) is 16.3. The number of anilines is 1. The first-order valence-electron chi connectivity index (χ1n) is 9.96. The minimum atomic E-state index is -0.402. The van der Waals surface area contributed by atoms with Crippen molar-refractivity contribution in [1.29, 1.82) is 0 Å². The van der Waals surface area contributed by atoms with Crippen LogP contribution in [0.5, 0.6) is 5.75 Å². The molecule has 0 aliphatic rings. The van der Waals surface area contributed by atoms with Crippen molar-refractivity contribution < 1.29 is 23.5 Å². The third-order valence-electron chi connectivity index (χ3n) is 4.99. The zero-order chi connectivity index (χ0) is 22.8. The second-order valence-electron chi connectivity index (χ2n) is 7.21. The SMILES string of the molecule is O=C(COc1ccc2oc(-c3cc4cccn4cn3)cc(=NO)c2c1)Nc1ccc(F)cc1. The van der Waals surface area contributed by atoms with Crippen LogP contribution in [0.4, 0.5) is 10.1 Å². The molecule has 2 N–H and O–H groups in total. The largest absolute Gasteiger partial charge is 0.484 e. The van der Waals surface area contributed by atoms with Gasteiger partial charge in [0.1, 0.15) is 28.2 Å². The third-order valence-corrected chi connectivity index (χ3v) is 4.99. The van der Waals surface area contributed by atoms with Crippen LogP contribution in [0.2, 0.25) is 0 Å². The lowest BCUT2D eigenvalue weighted by molar-refractivity contribution is -0.118. The number of rotatable bonds is 5. The van der Waals surface area contributed by atoms with E-state index >= 15 is 0 Å².